The third-order valence-electron chi connectivity index (χ3n) is 8.13. The van der Waals surface area contributed by atoms with Crippen LogP contribution in [0, 0.1) is 11.8 Å². The van der Waals surface area contributed by atoms with Crippen LogP contribution >= 0.6 is 0 Å². The highest BCUT2D eigenvalue weighted by molar-refractivity contribution is 6.06. The maximum atomic E-state index is 14.3. The average Bonchev–Trinajstić information content (AvgIpc) is 3.23. The first-order chi connectivity index (χ1) is 17.9. The van der Waals surface area contributed by atoms with E-state index in [-0.39, 0.29) is 24.3 Å². The standard InChI is InChI=1S/C28H35N3O6/c1-4-14-29-15-6-8-21-22(25(29)33)23-26(34)31(18(5-2)17-32)24-27(35)30(16-7-13-28(23,24)37-21)19-9-11-20(36-3)12-10-19/h6-13,18,21-24,32H,4-5,14-17H2,1-3H3/t18-,21-,22+,23-,24?,28-/m0/s1. The van der Waals surface area contributed by atoms with Crippen molar-refractivity contribution in [3.05, 3.63) is 48.6 Å². The van der Waals surface area contributed by atoms with Crippen molar-refractivity contribution < 1.29 is 29.0 Å². The van der Waals surface area contributed by atoms with Crippen molar-refractivity contribution >= 4 is 23.4 Å². The number of likely N-dealkylation sites (tertiary alicyclic amines) is 1. The van der Waals surface area contributed by atoms with Gasteiger partial charge in [-0.2, -0.15) is 0 Å². The van der Waals surface area contributed by atoms with Crippen molar-refractivity contribution in [2.24, 2.45) is 11.8 Å². The molecule has 37 heavy (non-hydrogen) atoms. The number of methoxy groups -OCH3 is 1. The molecule has 4 heterocycles. The zero-order chi connectivity index (χ0) is 26.3. The summed E-state index contributed by atoms with van der Waals surface area (Å²) in [6, 6.07) is 5.60. The number of anilines is 1. The highest BCUT2D eigenvalue weighted by Gasteiger charge is 2.72. The number of carbonyl (C=O) groups excluding carboxylic acids is 3. The molecule has 1 N–H and O–H groups in total. The van der Waals surface area contributed by atoms with Gasteiger partial charge >= 0.3 is 0 Å². The number of hydrogen-bond acceptors (Lipinski definition) is 6. The zero-order valence-electron chi connectivity index (χ0n) is 21.6. The first-order valence-corrected chi connectivity index (χ1v) is 13.1. The summed E-state index contributed by atoms with van der Waals surface area (Å²) in [6.45, 7) is 4.95. The summed E-state index contributed by atoms with van der Waals surface area (Å²) in [6.07, 6.45) is 8.13. The number of amides is 3. The van der Waals surface area contributed by atoms with Gasteiger partial charge in [-0.25, -0.2) is 0 Å². The Labute approximate surface area is 217 Å². The third-order valence-corrected chi connectivity index (χ3v) is 8.13. The lowest BCUT2D eigenvalue weighted by Gasteiger charge is -2.38. The normalized spacial score (nSPS) is 31.7. The molecule has 198 valence electrons. The van der Waals surface area contributed by atoms with Crippen LogP contribution in [0.5, 0.6) is 5.75 Å². The van der Waals surface area contributed by atoms with Crippen LogP contribution in [0.15, 0.2) is 48.6 Å². The van der Waals surface area contributed by atoms with Crippen LogP contribution in [0.2, 0.25) is 0 Å². The van der Waals surface area contributed by atoms with Crippen LogP contribution in [0.3, 0.4) is 0 Å². The second-order valence-electron chi connectivity index (χ2n) is 10.1. The Bertz CT molecular complexity index is 1110. The Kier molecular flexibility index (Phi) is 6.85. The minimum absolute atomic E-state index is 0.123. The maximum Gasteiger partial charge on any atom is 0.253 e. The second-order valence-corrected chi connectivity index (χ2v) is 10.1. The summed E-state index contributed by atoms with van der Waals surface area (Å²) in [7, 11) is 1.58. The molecule has 1 aromatic rings. The molecular formula is C28H35N3O6. The molecule has 1 spiro atoms. The van der Waals surface area contributed by atoms with Crippen molar-refractivity contribution in [2.45, 2.75) is 50.5 Å². The summed E-state index contributed by atoms with van der Waals surface area (Å²) >= 11 is 0. The van der Waals surface area contributed by atoms with Gasteiger partial charge in [-0.3, -0.25) is 14.4 Å². The number of fused-ring (bicyclic) bond motifs is 2. The molecule has 9 nitrogen and oxygen atoms in total. The fraction of sp³-hybridized carbons (Fsp3) is 0.536. The van der Waals surface area contributed by atoms with Crippen molar-refractivity contribution in [1.29, 1.82) is 0 Å². The monoisotopic (exact) mass is 509 g/mol. The van der Waals surface area contributed by atoms with Gasteiger partial charge < -0.3 is 29.3 Å². The number of rotatable bonds is 7. The second kappa shape index (κ2) is 9.95. The van der Waals surface area contributed by atoms with Crippen LogP contribution in [-0.4, -0.2) is 89.8 Å². The molecule has 0 aromatic heterocycles. The highest BCUT2D eigenvalue weighted by Crippen LogP contribution is 2.54. The van der Waals surface area contributed by atoms with E-state index < -0.39 is 35.6 Å². The first kappa shape index (κ1) is 25.5. The molecule has 6 atom stereocenters. The van der Waals surface area contributed by atoms with Gasteiger partial charge in [0.1, 0.15) is 17.4 Å². The van der Waals surface area contributed by atoms with Crippen LogP contribution in [-0.2, 0) is 19.1 Å². The minimum atomic E-state index is -1.30. The summed E-state index contributed by atoms with van der Waals surface area (Å²) in [4.78, 5) is 47.2. The Morgan fingerprint density at radius 2 is 1.84 bits per heavy atom. The molecule has 0 bridgehead atoms. The lowest BCUT2D eigenvalue weighted by Crippen LogP contribution is -2.58. The number of hydrogen-bond donors (Lipinski definition) is 1. The predicted molar refractivity (Wildman–Crippen MR) is 137 cm³/mol. The number of ether oxygens (including phenoxy) is 2. The smallest absolute Gasteiger partial charge is 0.253 e. The summed E-state index contributed by atoms with van der Waals surface area (Å²) < 4.78 is 11.9. The number of nitrogens with zero attached hydrogens (tertiary/aromatic N) is 3. The average molecular weight is 510 g/mol. The van der Waals surface area contributed by atoms with Crippen molar-refractivity contribution in [2.75, 3.05) is 38.3 Å². The zero-order valence-corrected chi connectivity index (χ0v) is 21.6. The quantitative estimate of drug-likeness (QED) is 0.563. The summed E-state index contributed by atoms with van der Waals surface area (Å²) in [5, 5.41) is 10.2. The molecule has 1 unspecified atom stereocenters. The topological polar surface area (TPSA) is 99.6 Å². The van der Waals surface area contributed by atoms with Gasteiger partial charge in [0.15, 0.2) is 0 Å². The summed E-state index contributed by atoms with van der Waals surface area (Å²) in [5.74, 6) is -1.64. The van der Waals surface area contributed by atoms with Gasteiger partial charge in [-0.1, -0.05) is 38.2 Å². The first-order valence-electron chi connectivity index (χ1n) is 13.1. The van der Waals surface area contributed by atoms with Gasteiger partial charge in [0.25, 0.3) is 5.91 Å². The lowest BCUT2D eigenvalue weighted by molar-refractivity contribution is -0.147. The van der Waals surface area contributed by atoms with Crippen molar-refractivity contribution in [3.63, 3.8) is 0 Å². The van der Waals surface area contributed by atoms with Crippen molar-refractivity contribution in [1.82, 2.24) is 9.80 Å². The van der Waals surface area contributed by atoms with Crippen LogP contribution < -0.4 is 9.64 Å². The van der Waals surface area contributed by atoms with E-state index in [1.165, 1.54) is 4.90 Å². The van der Waals surface area contributed by atoms with Crippen molar-refractivity contribution in [3.8, 4) is 5.75 Å². The molecule has 5 rings (SSSR count). The molecule has 1 aromatic carbocycles. The molecule has 4 aliphatic heterocycles. The Morgan fingerprint density at radius 1 is 1.08 bits per heavy atom. The van der Waals surface area contributed by atoms with Crippen LogP contribution in [0.25, 0.3) is 0 Å². The number of aliphatic hydroxyl groups is 1. The third kappa shape index (κ3) is 3.87. The Morgan fingerprint density at radius 3 is 2.49 bits per heavy atom. The van der Waals surface area contributed by atoms with E-state index in [9.17, 15) is 19.5 Å². The van der Waals surface area contributed by atoms with E-state index in [4.69, 9.17) is 9.47 Å². The molecule has 2 fully saturated rings. The minimum Gasteiger partial charge on any atom is -0.497 e. The molecule has 0 saturated carbocycles. The Balaban J connectivity index is 1.61. The fourth-order valence-electron chi connectivity index (χ4n) is 6.40. The van der Waals surface area contributed by atoms with Gasteiger partial charge in [-0.05, 0) is 37.1 Å². The van der Waals surface area contributed by atoms with E-state index in [0.29, 0.717) is 37.5 Å². The SMILES string of the molecule is CCCN1CC=C[C@@H]2O[C@]34C=CCN(c5ccc(OC)cc5)C(=O)C3N([C@@H](CC)CO)C(=O)[C@@H]4[C@@H]2C1=O. The summed E-state index contributed by atoms with van der Waals surface area (Å²) in [5.41, 5.74) is -0.639. The lowest BCUT2D eigenvalue weighted by atomic mass is 9.77. The van der Waals surface area contributed by atoms with E-state index in [2.05, 4.69) is 0 Å². The number of aliphatic hydroxyl groups excluding tert-OH is 1. The van der Waals surface area contributed by atoms with E-state index >= 15 is 0 Å². The highest BCUT2D eigenvalue weighted by atomic mass is 16.5. The molecule has 2 saturated heterocycles. The number of benzene rings is 1. The largest absolute Gasteiger partial charge is 0.497 e. The fourth-order valence-corrected chi connectivity index (χ4v) is 6.40. The van der Waals surface area contributed by atoms with Crippen LogP contribution in [0.4, 0.5) is 5.69 Å². The Hall–Kier alpha value is -3.17. The number of carbonyl (C=O) groups is 3. The molecule has 4 aliphatic rings. The van der Waals surface area contributed by atoms with Gasteiger partial charge in [0.05, 0.1) is 37.7 Å². The molecule has 9 heteroatoms. The maximum absolute atomic E-state index is 14.3. The van der Waals surface area contributed by atoms with E-state index in [1.54, 1.807) is 41.2 Å². The van der Waals surface area contributed by atoms with Crippen LogP contribution in [0.1, 0.15) is 26.7 Å². The molecule has 3 amide bonds. The van der Waals surface area contributed by atoms with Gasteiger partial charge in [0, 0.05) is 25.3 Å². The van der Waals surface area contributed by atoms with E-state index in [1.807, 2.05) is 38.2 Å². The van der Waals surface area contributed by atoms with Gasteiger partial charge in [0.2, 0.25) is 11.8 Å². The molecule has 0 aliphatic carbocycles. The van der Waals surface area contributed by atoms with E-state index in [0.717, 1.165) is 6.42 Å². The predicted octanol–water partition coefficient (Wildman–Crippen LogP) is 1.76. The molecule has 0 radical (unpaired) electrons. The molecular weight excluding hydrogens is 474 g/mol. The van der Waals surface area contributed by atoms with Gasteiger partial charge in [-0.15, -0.1) is 0 Å².